The lowest BCUT2D eigenvalue weighted by molar-refractivity contribution is -0.117. The lowest BCUT2D eigenvalue weighted by Gasteiger charge is -2.28. The third-order valence-corrected chi connectivity index (χ3v) is 5.34. The molecule has 3 N–H and O–H groups in total. The summed E-state index contributed by atoms with van der Waals surface area (Å²) >= 11 is 5.86. The summed E-state index contributed by atoms with van der Waals surface area (Å²) in [5.74, 6) is 0.494. The van der Waals surface area contributed by atoms with E-state index in [0.717, 1.165) is 31.4 Å². The number of hydrogen-bond acceptors (Lipinski definition) is 2. The van der Waals surface area contributed by atoms with Crippen molar-refractivity contribution in [2.45, 2.75) is 38.0 Å². The molecular weight excluding hydrogens is 348 g/mol. The second kappa shape index (κ2) is 8.37. The molecule has 0 aliphatic heterocycles. The molecule has 3 rings (SSSR count). The number of carbonyl (C=O) groups is 2. The first-order valence-electron chi connectivity index (χ1n) is 8.96. The van der Waals surface area contributed by atoms with Gasteiger partial charge in [0.2, 0.25) is 11.8 Å². The van der Waals surface area contributed by atoms with E-state index in [2.05, 4.69) is 11.4 Å². The maximum absolute atomic E-state index is 12.2. The van der Waals surface area contributed by atoms with Gasteiger partial charge in [-0.05, 0) is 79.5 Å². The Bertz CT molecular complexity index is 781. The quantitative estimate of drug-likeness (QED) is 0.797. The van der Waals surface area contributed by atoms with Gasteiger partial charge in [-0.3, -0.25) is 9.59 Å². The molecular formula is C21H23ClN2O2. The maximum Gasteiger partial charge on any atom is 0.248 e. The zero-order valence-corrected chi connectivity index (χ0v) is 15.3. The lowest BCUT2D eigenvalue weighted by Crippen LogP contribution is -2.20. The number of halogens is 1. The maximum atomic E-state index is 12.2. The van der Waals surface area contributed by atoms with Gasteiger partial charge >= 0.3 is 0 Å². The third kappa shape index (κ3) is 4.85. The average molecular weight is 371 g/mol. The van der Waals surface area contributed by atoms with Gasteiger partial charge in [0, 0.05) is 22.7 Å². The second-order valence-corrected chi connectivity index (χ2v) is 7.40. The standard InChI is InChI=1S/C21H23ClN2O2/c22-18-8-10-19(11-9-18)24-20(25)12-14-4-6-15(7-5-14)16-2-1-3-17(13-16)21(23)26/h1-3,8-11,13-15H,4-7,12H2,(H2,23,26)(H,24,25)/t14-,15+. The fourth-order valence-corrected chi connectivity index (χ4v) is 3.78. The average Bonchev–Trinajstić information content (AvgIpc) is 2.64. The Morgan fingerprint density at radius 2 is 1.73 bits per heavy atom. The zero-order valence-electron chi connectivity index (χ0n) is 14.6. The zero-order chi connectivity index (χ0) is 18.5. The summed E-state index contributed by atoms with van der Waals surface area (Å²) in [7, 11) is 0. The van der Waals surface area contributed by atoms with Crippen LogP contribution < -0.4 is 11.1 Å². The van der Waals surface area contributed by atoms with Gasteiger partial charge in [-0.2, -0.15) is 0 Å². The molecule has 0 unspecified atom stereocenters. The molecule has 0 atom stereocenters. The number of rotatable bonds is 5. The fraction of sp³-hybridized carbons (Fsp3) is 0.333. The smallest absolute Gasteiger partial charge is 0.248 e. The van der Waals surface area contributed by atoms with E-state index >= 15 is 0 Å². The molecule has 26 heavy (non-hydrogen) atoms. The van der Waals surface area contributed by atoms with Crippen LogP contribution in [0.15, 0.2) is 48.5 Å². The van der Waals surface area contributed by atoms with Crippen LogP contribution in [0.3, 0.4) is 0 Å². The van der Waals surface area contributed by atoms with Crippen molar-refractivity contribution >= 4 is 29.1 Å². The van der Waals surface area contributed by atoms with E-state index in [9.17, 15) is 9.59 Å². The first-order valence-corrected chi connectivity index (χ1v) is 9.34. The van der Waals surface area contributed by atoms with Crippen LogP contribution in [0.5, 0.6) is 0 Å². The molecule has 0 radical (unpaired) electrons. The number of hydrogen-bond donors (Lipinski definition) is 2. The van der Waals surface area contributed by atoms with E-state index in [-0.39, 0.29) is 11.8 Å². The van der Waals surface area contributed by atoms with Crippen LogP contribution in [-0.4, -0.2) is 11.8 Å². The van der Waals surface area contributed by atoms with Crippen molar-refractivity contribution in [1.29, 1.82) is 0 Å². The number of nitrogens with one attached hydrogen (secondary N) is 1. The van der Waals surface area contributed by atoms with E-state index in [4.69, 9.17) is 17.3 Å². The Labute approximate surface area is 158 Å². The highest BCUT2D eigenvalue weighted by molar-refractivity contribution is 6.30. The molecule has 1 aliphatic carbocycles. The van der Waals surface area contributed by atoms with Crippen LogP contribution in [0.4, 0.5) is 5.69 Å². The van der Waals surface area contributed by atoms with E-state index in [1.807, 2.05) is 24.3 Å². The first kappa shape index (κ1) is 18.5. The van der Waals surface area contributed by atoms with Crippen molar-refractivity contribution in [2.24, 2.45) is 11.7 Å². The van der Waals surface area contributed by atoms with Gasteiger partial charge in [0.25, 0.3) is 0 Å². The minimum absolute atomic E-state index is 0.0477. The minimum atomic E-state index is -0.389. The van der Waals surface area contributed by atoms with Crippen molar-refractivity contribution < 1.29 is 9.59 Å². The summed E-state index contributed by atoms with van der Waals surface area (Å²) in [6.07, 6.45) is 4.62. The van der Waals surface area contributed by atoms with Crippen LogP contribution in [0.1, 0.15) is 53.9 Å². The van der Waals surface area contributed by atoms with E-state index in [1.54, 1.807) is 18.2 Å². The van der Waals surface area contributed by atoms with E-state index in [1.165, 1.54) is 5.56 Å². The van der Waals surface area contributed by atoms with Crippen molar-refractivity contribution in [2.75, 3.05) is 5.32 Å². The Kier molecular flexibility index (Phi) is 5.94. The van der Waals surface area contributed by atoms with Crippen molar-refractivity contribution in [3.8, 4) is 0 Å². The fourth-order valence-electron chi connectivity index (χ4n) is 3.65. The minimum Gasteiger partial charge on any atom is -0.366 e. The molecule has 0 heterocycles. The summed E-state index contributed by atoms with van der Waals surface area (Å²) in [6.45, 7) is 0. The highest BCUT2D eigenvalue weighted by Gasteiger charge is 2.24. The predicted octanol–water partition coefficient (Wildman–Crippen LogP) is 4.74. The first-order chi connectivity index (χ1) is 12.5. The lowest BCUT2D eigenvalue weighted by atomic mass is 9.77. The molecule has 1 fully saturated rings. The summed E-state index contributed by atoms with van der Waals surface area (Å²) in [6, 6.07) is 14.8. The van der Waals surface area contributed by atoms with Crippen LogP contribution in [0, 0.1) is 5.92 Å². The second-order valence-electron chi connectivity index (χ2n) is 6.97. The molecule has 5 heteroatoms. The highest BCUT2D eigenvalue weighted by atomic mass is 35.5. The van der Waals surface area contributed by atoms with Crippen molar-refractivity contribution in [1.82, 2.24) is 0 Å². The normalized spacial score (nSPS) is 19.7. The number of benzene rings is 2. The number of primary amides is 1. The molecule has 4 nitrogen and oxygen atoms in total. The van der Waals surface area contributed by atoms with Crippen LogP contribution in [-0.2, 0) is 4.79 Å². The van der Waals surface area contributed by atoms with Crippen LogP contribution >= 0.6 is 11.6 Å². The Hall–Kier alpha value is -2.33. The molecule has 1 saturated carbocycles. The van der Waals surface area contributed by atoms with E-state index in [0.29, 0.717) is 28.8 Å². The molecule has 1 aliphatic rings. The summed E-state index contributed by atoms with van der Waals surface area (Å²) in [5, 5.41) is 3.58. The van der Waals surface area contributed by atoms with Gasteiger partial charge < -0.3 is 11.1 Å². The van der Waals surface area contributed by atoms with Gasteiger partial charge in [-0.25, -0.2) is 0 Å². The van der Waals surface area contributed by atoms with Gasteiger partial charge in [0.15, 0.2) is 0 Å². The van der Waals surface area contributed by atoms with E-state index < -0.39 is 0 Å². The van der Waals surface area contributed by atoms with Crippen molar-refractivity contribution in [3.63, 3.8) is 0 Å². The molecule has 0 bridgehead atoms. The third-order valence-electron chi connectivity index (χ3n) is 5.09. The topological polar surface area (TPSA) is 72.2 Å². The molecule has 2 aromatic rings. The SMILES string of the molecule is NC(=O)c1cccc([C@H]2CC[C@@H](CC(=O)Nc3ccc(Cl)cc3)CC2)c1. The Morgan fingerprint density at radius 3 is 2.38 bits per heavy atom. The summed E-state index contributed by atoms with van der Waals surface area (Å²) < 4.78 is 0. The number of carbonyl (C=O) groups excluding carboxylic acids is 2. The molecule has 2 amide bonds. The largest absolute Gasteiger partial charge is 0.366 e. The molecule has 136 valence electrons. The molecule has 0 aromatic heterocycles. The number of nitrogens with two attached hydrogens (primary N) is 1. The van der Waals surface area contributed by atoms with Crippen LogP contribution in [0.2, 0.25) is 5.02 Å². The van der Waals surface area contributed by atoms with Gasteiger partial charge in [0.05, 0.1) is 0 Å². The highest BCUT2D eigenvalue weighted by Crippen LogP contribution is 2.37. The van der Waals surface area contributed by atoms with Gasteiger partial charge in [-0.1, -0.05) is 23.7 Å². The van der Waals surface area contributed by atoms with Crippen molar-refractivity contribution in [3.05, 3.63) is 64.7 Å². The number of amides is 2. The molecule has 0 saturated heterocycles. The monoisotopic (exact) mass is 370 g/mol. The Morgan fingerprint density at radius 1 is 1.04 bits per heavy atom. The van der Waals surface area contributed by atoms with Gasteiger partial charge in [0.1, 0.15) is 0 Å². The molecule has 0 spiro atoms. The van der Waals surface area contributed by atoms with Crippen LogP contribution in [0.25, 0.3) is 0 Å². The summed E-state index contributed by atoms with van der Waals surface area (Å²) in [5.41, 5.74) is 7.88. The summed E-state index contributed by atoms with van der Waals surface area (Å²) in [4.78, 5) is 23.6. The Balaban J connectivity index is 1.50. The predicted molar refractivity (Wildman–Crippen MR) is 104 cm³/mol. The molecule has 2 aromatic carbocycles. The number of anilines is 1. The van der Waals surface area contributed by atoms with Gasteiger partial charge in [-0.15, -0.1) is 0 Å².